The van der Waals surface area contributed by atoms with Gasteiger partial charge in [-0.15, -0.1) is 0 Å². The lowest BCUT2D eigenvalue weighted by atomic mass is 9.62. The van der Waals surface area contributed by atoms with Crippen molar-refractivity contribution < 1.29 is 14.3 Å². The maximum Gasteiger partial charge on any atom is 0.158 e. The summed E-state index contributed by atoms with van der Waals surface area (Å²) < 4.78 is 12.5. The lowest BCUT2D eigenvalue weighted by Gasteiger charge is -2.53. The quantitative estimate of drug-likeness (QED) is 0.557. The van der Waals surface area contributed by atoms with Gasteiger partial charge in [0, 0.05) is 6.42 Å². The summed E-state index contributed by atoms with van der Waals surface area (Å²) in [6.07, 6.45) is 5.38. The Bertz CT molecular complexity index is 856. The van der Waals surface area contributed by atoms with E-state index in [2.05, 4.69) is 17.2 Å². The summed E-state index contributed by atoms with van der Waals surface area (Å²) in [7, 11) is 0. The van der Waals surface area contributed by atoms with Gasteiger partial charge in [0.2, 0.25) is 0 Å². The summed E-state index contributed by atoms with van der Waals surface area (Å²) in [6.45, 7) is 2.39. The van der Waals surface area contributed by atoms with E-state index in [0.29, 0.717) is 13.0 Å². The van der Waals surface area contributed by atoms with E-state index in [1.165, 1.54) is 5.56 Å². The smallest absolute Gasteiger partial charge is 0.158 e. The topological polar surface area (TPSA) is 71.7 Å². The first kappa shape index (κ1) is 19.8. The first-order valence-corrected chi connectivity index (χ1v) is 10.4. The third-order valence-corrected chi connectivity index (χ3v) is 6.67. The highest BCUT2D eigenvalue weighted by molar-refractivity contribution is 5.83. The molecular formula is C24H28N2O3. The lowest BCUT2D eigenvalue weighted by molar-refractivity contribution is -0.192. The molecule has 0 spiro atoms. The zero-order valence-electron chi connectivity index (χ0n) is 16.9. The van der Waals surface area contributed by atoms with Crippen LogP contribution in [0.2, 0.25) is 0 Å². The average Bonchev–Trinajstić information content (AvgIpc) is 2.79. The molecule has 2 aromatic carbocycles. The zero-order chi connectivity index (χ0) is 20.3. The molecule has 1 atom stereocenters. The van der Waals surface area contributed by atoms with Crippen LogP contribution in [0.1, 0.15) is 51.0 Å². The number of Topliss-reactive ketones (excluding diaryl/α,β-unsaturated/α-hetero) is 1. The zero-order valence-corrected chi connectivity index (χ0v) is 16.9. The number of nitrogens with zero attached hydrogens (tertiary/aromatic N) is 1. The molecule has 0 amide bonds. The van der Waals surface area contributed by atoms with Crippen LogP contribution in [0, 0.1) is 10.9 Å². The lowest BCUT2D eigenvalue weighted by Crippen LogP contribution is -2.49. The van der Waals surface area contributed by atoms with Crippen molar-refractivity contribution >= 4 is 5.78 Å². The van der Waals surface area contributed by atoms with E-state index in [0.717, 1.165) is 43.6 Å². The van der Waals surface area contributed by atoms with Crippen molar-refractivity contribution in [3.63, 3.8) is 0 Å². The predicted octanol–water partition coefficient (Wildman–Crippen LogP) is 6.03. The molecule has 1 N–H and O–H groups in total. The molecule has 2 aromatic rings. The molecule has 0 radical (unpaired) electrons. The molecule has 1 saturated carbocycles. The van der Waals surface area contributed by atoms with E-state index in [4.69, 9.17) is 15.0 Å². The van der Waals surface area contributed by atoms with Crippen LogP contribution in [0.3, 0.4) is 0 Å². The number of carbonyl (C=O) groups is 1. The molecule has 152 valence electrons. The monoisotopic (exact) mass is 392 g/mol. The van der Waals surface area contributed by atoms with Crippen LogP contribution in [0.5, 0.6) is 11.5 Å². The molecule has 1 aliphatic carbocycles. The third-order valence-electron chi connectivity index (χ3n) is 6.67. The summed E-state index contributed by atoms with van der Waals surface area (Å²) in [5.74, 6) is 1.71. The van der Waals surface area contributed by atoms with Crippen molar-refractivity contribution in [1.82, 2.24) is 0 Å². The van der Waals surface area contributed by atoms with Crippen LogP contribution in [0.4, 0.5) is 0 Å². The number of hydrogen-bond acceptors (Lipinski definition) is 5. The number of hydrogen-bond donors (Lipinski definition) is 1. The first-order chi connectivity index (χ1) is 14.0. The number of ether oxygens (including phenoxy) is 2. The van der Waals surface area contributed by atoms with Gasteiger partial charge in [0.05, 0.1) is 12.2 Å². The van der Waals surface area contributed by atoms with Crippen molar-refractivity contribution in [3.05, 3.63) is 60.2 Å². The Morgan fingerprint density at radius 2 is 1.83 bits per heavy atom. The van der Waals surface area contributed by atoms with Crippen molar-refractivity contribution in [1.29, 1.82) is 5.53 Å². The molecule has 5 nitrogen and oxygen atoms in total. The van der Waals surface area contributed by atoms with Gasteiger partial charge in [-0.05, 0) is 74.3 Å². The molecule has 5 rings (SSSR count). The summed E-state index contributed by atoms with van der Waals surface area (Å²) in [6, 6.07) is 17.5. The molecule has 5 heteroatoms. The molecule has 2 heterocycles. The molecule has 3 fully saturated rings. The minimum absolute atomic E-state index is 0.0579. The van der Waals surface area contributed by atoms with E-state index >= 15 is 0 Å². The Morgan fingerprint density at radius 1 is 1.10 bits per heavy atom. The molecule has 1 unspecified atom stereocenters. The van der Waals surface area contributed by atoms with Gasteiger partial charge in [-0.3, -0.25) is 4.79 Å². The summed E-state index contributed by atoms with van der Waals surface area (Å²) in [4.78, 5) is 12.1. The van der Waals surface area contributed by atoms with Gasteiger partial charge in [0.1, 0.15) is 17.5 Å². The highest BCUT2D eigenvalue weighted by Gasteiger charge is 2.50. The van der Waals surface area contributed by atoms with E-state index in [-0.39, 0.29) is 16.8 Å². The normalized spacial score (nSPS) is 26.7. The minimum atomic E-state index is -0.522. The highest BCUT2D eigenvalue weighted by Crippen LogP contribution is 2.55. The van der Waals surface area contributed by atoms with Crippen LogP contribution in [-0.4, -0.2) is 18.4 Å². The second-order valence-corrected chi connectivity index (χ2v) is 8.50. The fourth-order valence-corrected chi connectivity index (χ4v) is 4.60. The van der Waals surface area contributed by atoms with Crippen molar-refractivity contribution in [2.75, 3.05) is 6.61 Å². The molecule has 0 aromatic heterocycles. The van der Waals surface area contributed by atoms with E-state index in [9.17, 15) is 4.79 Å². The maximum atomic E-state index is 12.1. The molecule has 2 bridgehead atoms. The second kappa shape index (κ2) is 8.07. The maximum absolute atomic E-state index is 12.1. The van der Waals surface area contributed by atoms with Gasteiger partial charge in [0.25, 0.3) is 0 Å². The van der Waals surface area contributed by atoms with Crippen LogP contribution in [-0.2, 0) is 15.1 Å². The molecular weight excluding hydrogens is 364 g/mol. The Balaban J connectivity index is 1.42. The standard InChI is InChI=1S/C24H28N2O3/c1-18(26-25)22(27)10-11-23-12-14-24(15-13-23,28-17-23)19-6-5-9-21(16-19)29-20-7-3-2-4-8-20/h2-9,16,18,25H,10-15,17H2,1H3. The molecule has 2 aliphatic heterocycles. The summed E-state index contributed by atoms with van der Waals surface area (Å²) in [5, 5.41) is 3.36. The van der Waals surface area contributed by atoms with Crippen molar-refractivity contribution in [2.24, 2.45) is 10.5 Å². The van der Waals surface area contributed by atoms with Crippen molar-refractivity contribution in [3.8, 4) is 11.5 Å². The van der Waals surface area contributed by atoms with Crippen LogP contribution in [0.25, 0.3) is 0 Å². The largest absolute Gasteiger partial charge is 0.457 e. The van der Waals surface area contributed by atoms with E-state index in [1.54, 1.807) is 6.92 Å². The van der Waals surface area contributed by atoms with Crippen LogP contribution >= 0.6 is 0 Å². The van der Waals surface area contributed by atoms with Gasteiger partial charge < -0.3 is 9.47 Å². The van der Waals surface area contributed by atoms with Gasteiger partial charge >= 0.3 is 0 Å². The summed E-state index contributed by atoms with van der Waals surface area (Å²) in [5.41, 5.74) is 8.07. The number of benzene rings is 2. The Hall–Kier alpha value is -2.53. The number of rotatable bonds is 8. The number of carbonyl (C=O) groups excluding carboxylic acids is 1. The van der Waals surface area contributed by atoms with Crippen LogP contribution < -0.4 is 4.74 Å². The molecule has 29 heavy (non-hydrogen) atoms. The van der Waals surface area contributed by atoms with Gasteiger partial charge in [-0.1, -0.05) is 30.3 Å². The fourth-order valence-electron chi connectivity index (χ4n) is 4.60. The molecule has 3 aliphatic rings. The Labute approximate surface area is 171 Å². The van der Waals surface area contributed by atoms with Gasteiger partial charge in [-0.2, -0.15) is 5.11 Å². The van der Waals surface area contributed by atoms with Gasteiger partial charge in [-0.25, -0.2) is 5.53 Å². The number of para-hydroxylation sites is 1. The Kier molecular flexibility index (Phi) is 5.50. The predicted molar refractivity (Wildman–Crippen MR) is 110 cm³/mol. The van der Waals surface area contributed by atoms with Crippen molar-refractivity contribution in [2.45, 2.75) is 57.1 Å². The number of nitrogens with one attached hydrogen (secondary N) is 1. The summed E-state index contributed by atoms with van der Waals surface area (Å²) >= 11 is 0. The highest BCUT2D eigenvalue weighted by atomic mass is 16.5. The fraction of sp³-hybridized carbons (Fsp3) is 0.458. The SMILES string of the molecule is CC(N=N)C(=O)CCC12CCC(c3cccc(Oc4ccccc4)c3)(CC1)OC2. The number of ketones is 1. The van der Waals surface area contributed by atoms with Gasteiger partial charge in [0.15, 0.2) is 5.78 Å². The molecule has 2 saturated heterocycles. The average molecular weight is 392 g/mol. The van der Waals surface area contributed by atoms with E-state index < -0.39 is 6.04 Å². The third kappa shape index (κ3) is 4.10. The van der Waals surface area contributed by atoms with Crippen LogP contribution in [0.15, 0.2) is 59.7 Å². The van der Waals surface area contributed by atoms with E-state index in [1.807, 2.05) is 42.5 Å². The first-order valence-electron chi connectivity index (χ1n) is 10.4. The minimum Gasteiger partial charge on any atom is -0.457 e. The Morgan fingerprint density at radius 3 is 2.48 bits per heavy atom. The number of fused-ring (bicyclic) bond motifs is 3. The second-order valence-electron chi connectivity index (χ2n) is 8.50.